The van der Waals surface area contributed by atoms with Crippen LogP contribution in [0.15, 0.2) is 24.3 Å². The zero-order chi connectivity index (χ0) is 14.2. The second kappa shape index (κ2) is 8.02. The van der Waals surface area contributed by atoms with Crippen molar-refractivity contribution >= 4 is 5.91 Å². The van der Waals surface area contributed by atoms with Crippen molar-refractivity contribution in [2.45, 2.75) is 32.9 Å². The van der Waals surface area contributed by atoms with Gasteiger partial charge in [0.25, 0.3) is 0 Å². The fraction of sp³-hybridized carbons (Fsp3) is 0.562. The highest BCUT2D eigenvalue weighted by Gasteiger charge is 2.17. The van der Waals surface area contributed by atoms with Gasteiger partial charge in [-0.15, -0.1) is 0 Å². The van der Waals surface area contributed by atoms with E-state index < -0.39 is 0 Å². The Morgan fingerprint density at radius 2 is 2.20 bits per heavy atom. The van der Waals surface area contributed by atoms with Crippen molar-refractivity contribution in [1.82, 2.24) is 10.6 Å². The molecule has 1 unspecified atom stereocenters. The third-order valence-corrected chi connectivity index (χ3v) is 3.69. The predicted octanol–water partition coefficient (Wildman–Crippen LogP) is 1.84. The molecule has 20 heavy (non-hydrogen) atoms. The number of ether oxygens (including phenoxy) is 1. The van der Waals surface area contributed by atoms with Gasteiger partial charge in [-0.2, -0.15) is 0 Å². The number of hydrogen-bond donors (Lipinski definition) is 2. The van der Waals surface area contributed by atoms with Gasteiger partial charge in [0.15, 0.2) is 0 Å². The lowest BCUT2D eigenvalue weighted by Crippen LogP contribution is -2.26. The maximum atomic E-state index is 11.9. The summed E-state index contributed by atoms with van der Waals surface area (Å²) in [7, 11) is 0. The molecule has 1 aliphatic rings. The average Bonchev–Trinajstić information content (AvgIpc) is 2.96. The van der Waals surface area contributed by atoms with Crippen molar-refractivity contribution in [3.05, 3.63) is 35.4 Å². The van der Waals surface area contributed by atoms with Crippen molar-refractivity contribution < 1.29 is 9.53 Å². The number of carbonyl (C=O) groups excluding carboxylic acids is 1. The van der Waals surface area contributed by atoms with E-state index in [4.69, 9.17) is 4.74 Å². The van der Waals surface area contributed by atoms with Crippen molar-refractivity contribution in [3.8, 4) is 0 Å². The first-order valence-electron chi connectivity index (χ1n) is 7.41. The Kier molecular flexibility index (Phi) is 6.02. The van der Waals surface area contributed by atoms with Gasteiger partial charge in [-0.25, -0.2) is 0 Å². The molecule has 4 nitrogen and oxygen atoms in total. The first-order chi connectivity index (χ1) is 9.79. The van der Waals surface area contributed by atoms with Gasteiger partial charge in [-0.3, -0.25) is 4.79 Å². The zero-order valence-electron chi connectivity index (χ0n) is 12.2. The van der Waals surface area contributed by atoms with Crippen LogP contribution in [0.4, 0.5) is 0 Å². The summed E-state index contributed by atoms with van der Waals surface area (Å²) < 4.78 is 5.45. The second-order valence-electron chi connectivity index (χ2n) is 5.25. The van der Waals surface area contributed by atoms with Gasteiger partial charge in [0.2, 0.25) is 5.91 Å². The molecule has 4 heteroatoms. The SMILES string of the molecule is CCOCc1ccccc1CNC(=O)CC1CCNC1. The van der Waals surface area contributed by atoms with Gasteiger partial charge in [-0.05, 0) is 43.5 Å². The smallest absolute Gasteiger partial charge is 0.220 e. The van der Waals surface area contributed by atoms with Gasteiger partial charge >= 0.3 is 0 Å². The van der Waals surface area contributed by atoms with Crippen LogP contribution in [0.1, 0.15) is 30.9 Å². The molecule has 1 atom stereocenters. The van der Waals surface area contributed by atoms with Crippen LogP contribution < -0.4 is 10.6 Å². The highest BCUT2D eigenvalue weighted by Crippen LogP contribution is 2.13. The Labute approximate surface area is 120 Å². The van der Waals surface area contributed by atoms with E-state index in [-0.39, 0.29) is 5.91 Å². The molecule has 1 aliphatic heterocycles. The minimum atomic E-state index is 0.143. The zero-order valence-corrected chi connectivity index (χ0v) is 12.2. The van der Waals surface area contributed by atoms with E-state index in [9.17, 15) is 4.79 Å². The summed E-state index contributed by atoms with van der Waals surface area (Å²) in [5, 5.41) is 6.31. The summed E-state index contributed by atoms with van der Waals surface area (Å²) in [6.07, 6.45) is 1.73. The minimum absolute atomic E-state index is 0.143. The van der Waals surface area contributed by atoms with Crippen molar-refractivity contribution in [1.29, 1.82) is 0 Å². The number of carbonyl (C=O) groups is 1. The van der Waals surface area contributed by atoms with Crippen LogP contribution in [-0.2, 0) is 22.7 Å². The second-order valence-corrected chi connectivity index (χ2v) is 5.25. The fourth-order valence-electron chi connectivity index (χ4n) is 2.50. The van der Waals surface area contributed by atoms with Gasteiger partial charge in [0.05, 0.1) is 6.61 Å². The molecule has 0 spiro atoms. The number of nitrogens with one attached hydrogen (secondary N) is 2. The molecule has 2 rings (SSSR count). The predicted molar refractivity (Wildman–Crippen MR) is 79.2 cm³/mol. The molecular formula is C16H24N2O2. The summed E-state index contributed by atoms with van der Waals surface area (Å²) in [6.45, 7) is 5.89. The Balaban J connectivity index is 1.81. The molecule has 110 valence electrons. The Hall–Kier alpha value is -1.39. The third-order valence-electron chi connectivity index (χ3n) is 3.69. The number of hydrogen-bond acceptors (Lipinski definition) is 3. The topological polar surface area (TPSA) is 50.4 Å². The highest BCUT2D eigenvalue weighted by atomic mass is 16.5. The van der Waals surface area contributed by atoms with Crippen LogP contribution in [0.3, 0.4) is 0 Å². The molecule has 1 saturated heterocycles. The van der Waals surface area contributed by atoms with E-state index >= 15 is 0 Å². The molecule has 2 N–H and O–H groups in total. The molecule has 0 aliphatic carbocycles. The van der Waals surface area contributed by atoms with Crippen LogP contribution in [0, 0.1) is 5.92 Å². The quantitative estimate of drug-likeness (QED) is 0.799. The first kappa shape index (κ1) is 15.0. The van der Waals surface area contributed by atoms with Gasteiger partial charge in [0.1, 0.15) is 0 Å². The summed E-state index contributed by atoms with van der Waals surface area (Å²) in [5.74, 6) is 0.638. The third kappa shape index (κ3) is 4.62. The molecule has 0 bridgehead atoms. The Bertz CT molecular complexity index is 428. The molecule has 0 aromatic heterocycles. The molecule has 1 fully saturated rings. The lowest BCUT2D eigenvalue weighted by atomic mass is 10.0. The van der Waals surface area contributed by atoms with Crippen LogP contribution >= 0.6 is 0 Å². The maximum Gasteiger partial charge on any atom is 0.220 e. The van der Waals surface area contributed by atoms with Gasteiger partial charge in [0, 0.05) is 19.6 Å². The van der Waals surface area contributed by atoms with Crippen LogP contribution in [0.5, 0.6) is 0 Å². The van der Waals surface area contributed by atoms with Gasteiger partial charge in [-0.1, -0.05) is 24.3 Å². The summed E-state index contributed by atoms with van der Waals surface area (Å²) in [5.41, 5.74) is 2.29. The molecule has 1 aromatic carbocycles. The Morgan fingerprint density at radius 3 is 2.90 bits per heavy atom. The van der Waals surface area contributed by atoms with Crippen LogP contribution in [-0.4, -0.2) is 25.6 Å². The van der Waals surface area contributed by atoms with Crippen molar-refractivity contribution in [3.63, 3.8) is 0 Å². The fourth-order valence-corrected chi connectivity index (χ4v) is 2.50. The van der Waals surface area contributed by atoms with E-state index in [1.165, 1.54) is 0 Å². The first-order valence-corrected chi connectivity index (χ1v) is 7.41. The van der Waals surface area contributed by atoms with E-state index in [1.54, 1.807) is 0 Å². The lowest BCUT2D eigenvalue weighted by Gasteiger charge is -2.12. The summed E-state index contributed by atoms with van der Waals surface area (Å²) >= 11 is 0. The maximum absolute atomic E-state index is 11.9. The summed E-state index contributed by atoms with van der Waals surface area (Å²) in [4.78, 5) is 11.9. The molecular weight excluding hydrogens is 252 g/mol. The average molecular weight is 276 g/mol. The van der Waals surface area contributed by atoms with Crippen LogP contribution in [0.25, 0.3) is 0 Å². The molecule has 0 radical (unpaired) electrons. The van der Waals surface area contributed by atoms with E-state index in [2.05, 4.69) is 16.7 Å². The van der Waals surface area contributed by atoms with Gasteiger partial charge < -0.3 is 15.4 Å². The normalized spacial score (nSPS) is 18.1. The molecule has 1 heterocycles. The molecule has 1 amide bonds. The number of amides is 1. The lowest BCUT2D eigenvalue weighted by molar-refractivity contribution is -0.122. The van der Waals surface area contributed by atoms with Crippen LogP contribution in [0.2, 0.25) is 0 Å². The van der Waals surface area contributed by atoms with E-state index in [0.29, 0.717) is 32.1 Å². The molecule has 1 aromatic rings. The largest absolute Gasteiger partial charge is 0.377 e. The van der Waals surface area contributed by atoms with Crippen molar-refractivity contribution in [2.75, 3.05) is 19.7 Å². The monoisotopic (exact) mass is 276 g/mol. The summed E-state index contributed by atoms with van der Waals surface area (Å²) in [6, 6.07) is 8.10. The highest BCUT2D eigenvalue weighted by molar-refractivity contribution is 5.76. The number of benzene rings is 1. The van der Waals surface area contributed by atoms with Crippen molar-refractivity contribution in [2.24, 2.45) is 5.92 Å². The van der Waals surface area contributed by atoms with E-state index in [0.717, 1.165) is 30.6 Å². The van der Waals surface area contributed by atoms with E-state index in [1.807, 2.05) is 25.1 Å². The molecule has 0 saturated carbocycles. The minimum Gasteiger partial charge on any atom is -0.377 e. The number of rotatable bonds is 7. The standard InChI is InChI=1S/C16H24N2O2/c1-2-20-12-15-6-4-3-5-14(15)11-18-16(19)9-13-7-8-17-10-13/h3-6,13,17H,2,7-12H2,1H3,(H,18,19). The Morgan fingerprint density at radius 1 is 1.40 bits per heavy atom.